The molecule has 0 aliphatic heterocycles. The zero-order valence-corrected chi connectivity index (χ0v) is 14.5. The number of nitrogens with one attached hydrogen (secondary N) is 2. The first-order valence-corrected chi connectivity index (χ1v) is 8.07. The van der Waals surface area contributed by atoms with Gasteiger partial charge in [-0.05, 0) is 24.1 Å². The lowest BCUT2D eigenvalue weighted by Crippen LogP contribution is -2.40. The molecular formula is C19H18F3N3O2. The lowest BCUT2D eigenvalue weighted by molar-refractivity contribution is -0.165. The molecule has 5 nitrogen and oxygen atoms in total. The lowest BCUT2D eigenvalue weighted by Gasteiger charge is -2.18. The molecule has 0 fully saturated rings. The molecule has 0 bridgehead atoms. The van der Waals surface area contributed by atoms with E-state index < -0.39 is 23.9 Å². The van der Waals surface area contributed by atoms with Crippen LogP contribution in [-0.4, -0.2) is 28.9 Å². The van der Waals surface area contributed by atoms with Gasteiger partial charge in [-0.15, -0.1) is 0 Å². The van der Waals surface area contributed by atoms with E-state index in [2.05, 4.69) is 15.6 Å². The number of amides is 1. The zero-order valence-electron chi connectivity index (χ0n) is 14.5. The van der Waals surface area contributed by atoms with Crippen molar-refractivity contribution in [2.24, 2.45) is 0 Å². The number of benzene rings is 1. The van der Waals surface area contributed by atoms with Crippen LogP contribution in [0.3, 0.4) is 0 Å². The highest BCUT2D eigenvalue weighted by Gasteiger charge is 2.36. The summed E-state index contributed by atoms with van der Waals surface area (Å²) in [5, 5.41) is 5.21. The first kappa shape index (κ1) is 20.2. The maximum atomic E-state index is 12.6. The first-order valence-electron chi connectivity index (χ1n) is 8.07. The van der Waals surface area contributed by atoms with Gasteiger partial charge in [0.05, 0.1) is 0 Å². The summed E-state index contributed by atoms with van der Waals surface area (Å²) in [4.78, 5) is 27.6. The molecule has 0 radical (unpaired) electrons. The summed E-state index contributed by atoms with van der Waals surface area (Å²) in [7, 11) is 0. The second kappa shape index (κ2) is 8.98. The Bertz CT molecular complexity index is 820. The number of pyridine rings is 1. The summed E-state index contributed by atoms with van der Waals surface area (Å²) in [6.45, 7) is 1.77. The van der Waals surface area contributed by atoms with E-state index in [1.807, 2.05) is 6.07 Å². The van der Waals surface area contributed by atoms with Crippen molar-refractivity contribution in [3.63, 3.8) is 0 Å². The quantitative estimate of drug-likeness (QED) is 0.727. The van der Waals surface area contributed by atoms with E-state index >= 15 is 0 Å². The van der Waals surface area contributed by atoms with Gasteiger partial charge in [0.2, 0.25) is 5.91 Å². The first-order chi connectivity index (χ1) is 12.8. The number of carbonyl (C=O) groups excluding carboxylic acids is 2. The topological polar surface area (TPSA) is 71.1 Å². The Morgan fingerprint density at radius 1 is 1.15 bits per heavy atom. The number of rotatable bonds is 7. The predicted octanol–water partition coefficient (Wildman–Crippen LogP) is 3.17. The third-order valence-electron chi connectivity index (χ3n) is 3.66. The van der Waals surface area contributed by atoms with Crippen molar-refractivity contribution in [3.8, 4) is 0 Å². The fourth-order valence-corrected chi connectivity index (χ4v) is 2.23. The number of allylic oxidation sites excluding steroid dienone is 1. The van der Waals surface area contributed by atoms with Crippen molar-refractivity contribution in [3.05, 3.63) is 72.1 Å². The molecule has 8 heteroatoms. The fourth-order valence-electron chi connectivity index (χ4n) is 2.23. The molecule has 1 amide bonds. The summed E-state index contributed by atoms with van der Waals surface area (Å²) in [5.41, 5.74) is 1.55. The molecule has 1 unspecified atom stereocenters. The number of alkyl halides is 3. The zero-order chi connectivity index (χ0) is 19.9. The maximum absolute atomic E-state index is 12.6. The number of aryl methyl sites for hydroxylation is 1. The maximum Gasteiger partial charge on any atom is 0.454 e. The summed E-state index contributed by atoms with van der Waals surface area (Å²) in [5.74, 6) is -2.13. The van der Waals surface area contributed by atoms with Gasteiger partial charge in [0.1, 0.15) is 11.9 Å². The van der Waals surface area contributed by atoms with E-state index in [9.17, 15) is 22.8 Å². The van der Waals surface area contributed by atoms with Crippen LogP contribution >= 0.6 is 0 Å². The van der Waals surface area contributed by atoms with Crippen molar-refractivity contribution in [1.82, 2.24) is 10.3 Å². The fraction of sp³-hybridized carbons (Fsp3) is 0.211. The highest BCUT2D eigenvalue weighted by Crippen LogP contribution is 2.16. The van der Waals surface area contributed by atoms with Gasteiger partial charge >= 0.3 is 6.18 Å². The van der Waals surface area contributed by atoms with Crippen LogP contribution in [0.4, 0.5) is 19.0 Å². The van der Waals surface area contributed by atoms with E-state index in [1.54, 1.807) is 43.3 Å². The van der Waals surface area contributed by atoms with Crippen LogP contribution in [0.5, 0.6) is 0 Å². The lowest BCUT2D eigenvalue weighted by atomic mass is 10.1. The van der Waals surface area contributed by atoms with Crippen LogP contribution in [0, 0.1) is 6.92 Å². The van der Waals surface area contributed by atoms with E-state index in [0.717, 1.165) is 17.3 Å². The van der Waals surface area contributed by atoms with Crippen molar-refractivity contribution in [1.29, 1.82) is 0 Å². The minimum absolute atomic E-state index is 0.211. The largest absolute Gasteiger partial charge is 0.454 e. The van der Waals surface area contributed by atoms with Gasteiger partial charge in [-0.3, -0.25) is 9.59 Å². The monoisotopic (exact) mass is 377 g/mol. The minimum Gasteiger partial charge on any atom is -0.379 e. The number of hydrogen-bond donors (Lipinski definition) is 2. The van der Waals surface area contributed by atoms with Crippen LogP contribution < -0.4 is 10.6 Å². The molecule has 1 aromatic carbocycles. The Morgan fingerprint density at radius 3 is 2.48 bits per heavy atom. The van der Waals surface area contributed by atoms with Crippen LogP contribution in [0.1, 0.15) is 11.1 Å². The van der Waals surface area contributed by atoms with E-state index in [0.29, 0.717) is 11.9 Å². The van der Waals surface area contributed by atoms with Crippen LogP contribution in [0.2, 0.25) is 0 Å². The Kier molecular flexibility index (Phi) is 6.70. The summed E-state index contributed by atoms with van der Waals surface area (Å²) < 4.78 is 36.9. The molecule has 0 spiro atoms. The van der Waals surface area contributed by atoms with Crippen molar-refractivity contribution < 1.29 is 22.8 Å². The molecule has 142 valence electrons. The normalized spacial score (nSPS) is 12.6. The van der Waals surface area contributed by atoms with Gasteiger partial charge in [0.15, 0.2) is 0 Å². The molecule has 1 atom stereocenters. The van der Waals surface area contributed by atoms with Crippen LogP contribution in [-0.2, 0) is 16.0 Å². The molecule has 1 heterocycles. The molecule has 0 saturated heterocycles. The van der Waals surface area contributed by atoms with Crippen molar-refractivity contribution >= 4 is 17.5 Å². The number of anilines is 1. The number of hydrogen-bond acceptors (Lipinski definition) is 4. The number of halogens is 3. The molecular weight excluding hydrogens is 359 g/mol. The van der Waals surface area contributed by atoms with Crippen LogP contribution in [0.15, 0.2) is 60.9 Å². The summed E-state index contributed by atoms with van der Waals surface area (Å²) in [6.07, 6.45) is -2.03. The van der Waals surface area contributed by atoms with E-state index in [-0.39, 0.29) is 6.42 Å². The van der Waals surface area contributed by atoms with Crippen LogP contribution in [0.25, 0.3) is 0 Å². The molecule has 0 aliphatic rings. The van der Waals surface area contributed by atoms with Gasteiger partial charge < -0.3 is 10.6 Å². The molecule has 27 heavy (non-hydrogen) atoms. The average molecular weight is 377 g/mol. The van der Waals surface area contributed by atoms with Gasteiger partial charge in [0, 0.05) is 24.9 Å². The smallest absolute Gasteiger partial charge is 0.379 e. The van der Waals surface area contributed by atoms with Gasteiger partial charge in [-0.2, -0.15) is 13.2 Å². The van der Waals surface area contributed by atoms with Gasteiger partial charge in [-0.1, -0.05) is 36.4 Å². The van der Waals surface area contributed by atoms with Gasteiger partial charge in [-0.25, -0.2) is 4.98 Å². The highest BCUT2D eigenvalue weighted by molar-refractivity contribution is 5.96. The number of carbonyl (C=O) groups is 2. The number of nitrogens with zero attached hydrogens (tertiary/aromatic N) is 1. The van der Waals surface area contributed by atoms with E-state index in [1.165, 1.54) is 6.20 Å². The Balaban J connectivity index is 2.13. The highest BCUT2D eigenvalue weighted by atomic mass is 19.4. The molecule has 2 N–H and O–H groups in total. The van der Waals surface area contributed by atoms with Crippen molar-refractivity contribution in [2.75, 3.05) is 5.32 Å². The van der Waals surface area contributed by atoms with E-state index in [4.69, 9.17) is 0 Å². The Labute approximate surface area is 154 Å². The Morgan fingerprint density at radius 2 is 1.85 bits per heavy atom. The SMILES string of the molecule is Cc1cccnc1NC(=O)C(Cc1ccccc1)NC=CC(=O)C(F)(F)F. The van der Waals surface area contributed by atoms with Gasteiger partial charge in [0.25, 0.3) is 5.78 Å². The average Bonchev–Trinajstić information content (AvgIpc) is 2.62. The molecule has 0 saturated carbocycles. The molecule has 2 rings (SSSR count). The summed E-state index contributed by atoms with van der Waals surface area (Å²) >= 11 is 0. The molecule has 1 aromatic heterocycles. The molecule has 2 aromatic rings. The number of aromatic nitrogens is 1. The molecule has 0 aliphatic carbocycles. The predicted molar refractivity (Wildman–Crippen MR) is 94.9 cm³/mol. The minimum atomic E-state index is -4.96. The second-order valence-corrected chi connectivity index (χ2v) is 5.76. The number of ketones is 1. The third-order valence-corrected chi connectivity index (χ3v) is 3.66. The Hall–Kier alpha value is -3.16. The third kappa shape index (κ3) is 6.25. The standard InChI is InChI=1S/C19H18F3N3O2/c1-13-6-5-10-24-17(13)25-18(27)15(12-14-7-3-2-4-8-14)23-11-9-16(26)19(20,21)22/h2-11,15,23H,12H2,1H3,(H,24,25,27). The van der Waals surface area contributed by atoms with Crippen molar-refractivity contribution in [2.45, 2.75) is 25.6 Å². The summed E-state index contributed by atoms with van der Waals surface area (Å²) in [6, 6.07) is 11.6. The second-order valence-electron chi connectivity index (χ2n) is 5.76.